The van der Waals surface area contributed by atoms with Crippen molar-refractivity contribution in [2.45, 2.75) is 19.8 Å². The Morgan fingerprint density at radius 3 is 2.83 bits per heavy atom. The largest absolute Gasteiger partial charge is 0.245 e. The summed E-state index contributed by atoms with van der Waals surface area (Å²) in [5, 5.41) is 4.33. The van der Waals surface area contributed by atoms with Gasteiger partial charge >= 0.3 is 0 Å². The number of hydrogen-bond donors (Lipinski definition) is 0. The molecular weight excluding hydrogens is 240 g/mol. The fourth-order valence-electron chi connectivity index (χ4n) is 1.98. The Balaban J connectivity index is 2.02. The van der Waals surface area contributed by atoms with Gasteiger partial charge in [-0.2, -0.15) is 0 Å². The van der Waals surface area contributed by atoms with Crippen molar-refractivity contribution in [3.63, 3.8) is 0 Å². The minimum atomic E-state index is 0.973. The van der Waals surface area contributed by atoms with Gasteiger partial charge in [-0.15, -0.1) is 11.3 Å². The fraction of sp³-hybridized carbons (Fsp3) is 0.200. The molecule has 0 N–H and O–H groups in total. The molecule has 0 saturated heterocycles. The number of hydrogen-bond acceptors (Lipinski definition) is 3. The monoisotopic (exact) mass is 254 g/mol. The Morgan fingerprint density at radius 1 is 1.06 bits per heavy atom. The van der Waals surface area contributed by atoms with Gasteiger partial charge in [0.2, 0.25) is 0 Å². The molecule has 1 aromatic carbocycles. The first-order valence-electron chi connectivity index (χ1n) is 6.17. The van der Waals surface area contributed by atoms with Crippen molar-refractivity contribution in [3.8, 4) is 10.7 Å². The van der Waals surface area contributed by atoms with Gasteiger partial charge in [0.05, 0.1) is 16.9 Å². The molecule has 0 radical (unpaired) electrons. The van der Waals surface area contributed by atoms with Gasteiger partial charge in [-0.1, -0.05) is 37.6 Å². The van der Waals surface area contributed by atoms with E-state index in [4.69, 9.17) is 0 Å². The van der Waals surface area contributed by atoms with Crippen LogP contribution in [0.2, 0.25) is 0 Å². The Labute approximate surface area is 110 Å². The van der Waals surface area contributed by atoms with E-state index in [9.17, 15) is 0 Å². The zero-order valence-electron chi connectivity index (χ0n) is 10.3. The van der Waals surface area contributed by atoms with Crippen LogP contribution in [0.5, 0.6) is 0 Å². The van der Waals surface area contributed by atoms with Crippen molar-refractivity contribution >= 4 is 22.2 Å². The van der Waals surface area contributed by atoms with Crippen LogP contribution in [0.25, 0.3) is 21.6 Å². The van der Waals surface area contributed by atoms with E-state index in [0.717, 1.165) is 29.1 Å². The van der Waals surface area contributed by atoms with Gasteiger partial charge in [0.1, 0.15) is 5.01 Å². The Kier molecular flexibility index (Phi) is 3.07. The lowest BCUT2D eigenvalue weighted by Gasteiger charge is -1.99. The van der Waals surface area contributed by atoms with Crippen LogP contribution in [-0.2, 0) is 6.42 Å². The molecular formula is C15H14N2S. The first-order valence-corrected chi connectivity index (χ1v) is 7.05. The highest BCUT2D eigenvalue weighted by Gasteiger charge is 2.06. The predicted octanol–water partition coefficient (Wildman–Crippen LogP) is 4.31. The summed E-state index contributed by atoms with van der Waals surface area (Å²) < 4.78 is 0. The quantitative estimate of drug-likeness (QED) is 0.696. The minimum Gasteiger partial charge on any atom is -0.245 e. The molecule has 2 aromatic heterocycles. The zero-order valence-corrected chi connectivity index (χ0v) is 11.1. The van der Waals surface area contributed by atoms with Crippen LogP contribution < -0.4 is 0 Å². The summed E-state index contributed by atoms with van der Waals surface area (Å²) in [5.74, 6) is 0. The highest BCUT2D eigenvalue weighted by Crippen LogP contribution is 2.24. The summed E-state index contributed by atoms with van der Waals surface area (Å²) in [6.07, 6.45) is 2.18. The van der Waals surface area contributed by atoms with Gasteiger partial charge in [0.25, 0.3) is 0 Å². The number of aryl methyl sites for hydroxylation is 1. The molecule has 0 amide bonds. The molecule has 0 unspecified atom stereocenters. The minimum absolute atomic E-state index is 0.973. The van der Waals surface area contributed by atoms with Crippen molar-refractivity contribution < 1.29 is 0 Å². The van der Waals surface area contributed by atoms with Crippen LogP contribution in [0, 0.1) is 0 Å². The van der Waals surface area contributed by atoms with E-state index in [0.29, 0.717) is 0 Å². The van der Waals surface area contributed by atoms with E-state index in [-0.39, 0.29) is 0 Å². The lowest BCUT2D eigenvalue weighted by Crippen LogP contribution is -1.86. The number of rotatable bonds is 3. The molecule has 18 heavy (non-hydrogen) atoms. The van der Waals surface area contributed by atoms with Gasteiger partial charge in [0, 0.05) is 10.8 Å². The van der Waals surface area contributed by atoms with E-state index in [1.807, 2.05) is 18.2 Å². The zero-order chi connectivity index (χ0) is 12.4. The van der Waals surface area contributed by atoms with Crippen LogP contribution in [0.4, 0.5) is 0 Å². The van der Waals surface area contributed by atoms with E-state index < -0.39 is 0 Å². The lowest BCUT2D eigenvalue weighted by atomic mass is 10.2. The highest BCUT2D eigenvalue weighted by atomic mass is 32.1. The van der Waals surface area contributed by atoms with Crippen molar-refractivity contribution in [3.05, 3.63) is 47.5 Å². The summed E-state index contributed by atoms with van der Waals surface area (Å²) in [6.45, 7) is 2.17. The smallest absolute Gasteiger partial charge is 0.142 e. The molecule has 0 aliphatic carbocycles. The van der Waals surface area contributed by atoms with Gasteiger partial charge in [0.15, 0.2) is 0 Å². The maximum atomic E-state index is 4.67. The summed E-state index contributed by atoms with van der Waals surface area (Å²) in [5.41, 5.74) is 3.18. The van der Waals surface area contributed by atoms with Gasteiger partial charge < -0.3 is 0 Å². The molecule has 0 atom stereocenters. The third-order valence-electron chi connectivity index (χ3n) is 2.88. The van der Waals surface area contributed by atoms with Crippen LogP contribution in [0.1, 0.15) is 19.0 Å². The summed E-state index contributed by atoms with van der Waals surface area (Å²) >= 11 is 1.68. The van der Waals surface area contributed by atoms with Gasteiger partial charge in [-0.3, -0.25) is 0 Å². The van der Waals surface area contributed by atoms with Crippen molar-refractivity contribution in [2.75, 3.05) is 0 Å². The average molecular weight is 254 g/mol. The molecule has 2 nitrogen and oxygen atoms in total. The Hall–Kier alpha value is -1.74. The first-order chi connectivity index (χ1) is 8.86. The van der Waals surface area contributed by atoms with Crippen molar-refractivity contribution in [2.24, 2.45) is 0 Å². The van der Waals surface area contributed by atoms with Gasteiger partial charge in [-0.25, -0.2) is 9.97 Å². The number of nitrogens with zero attached hydrogens (tertiary/aromatic N) is 2. The molecule has 0 saturated carbocycles. The molecule has 0 fully saturated rings. The number of benzene rings is 1. The molecule has 0 aliphatic rings. The van der Waals surface area contributed by atoms with Crippen molar-refractivity contribution in [1.29, 1.82) is 0 Å². The number of thiazole rings is 1. The van der Waals surface area contributed by atoms with E-state index in [1.54, 1.807) is 11.3 Å². The average Bonchev–Trinajstić information content (AvgIpc) is 2.87. The molecule has 3 aromatic rings. The summed E-state index contributed by atoms with van der Waals surface area (Å²) in [7, 11) is 0. The maximum Gasteiger partial charge on any atom is 0.142 e. The second-order valence-corrected chi connectivity index (χ2v) is 5.14. The fourth-order valence-corrected chi connectivity index (χ4v) is 2.80. The lowest BCUT2D eigenvalue weighted by molar-refractivity contribution is 0.893. The van der Waals surface area contributed by atoms with Crippen LogP contribution in [-0.4, -0.2) is 9.97 Å². The molecule has 2 heterocycles. The third kappa shape index (κ3) is 2.14. The SMILES string of the molecule is CCCc1csc(-c2ccc3ccccc3n2)n1. The second kappa shape index (κ2) is 4.86. The number of pyridine rings is 1. The van der Waals surface area contributed by atoms with Crippen LogP contribution >= 0.6 is 11.3 Å². The van der Waals surface area contributed by atoms with E-state index >= 15 is 0 Å². The number of fused-ring (bicyclic) bond motifs is 1. The Morgan fingerprint density at radius 2 is 1.94 bits per heavy atom. The van der Waals surface area contributed by atoms with E-state index in [2.05, 4.69) is 40.5 Å². The standard InChI is InChI=1S/C15H14N2S/c1-2-5-12-10-18-15(16-12)14-9-8-11-6-3-4-7-13(11)17-14/h3-4,6-10H,2,5H2,1H3. The molecule has 0 aliphatic heterocycles. The Bertz CT molecular complexity index is 673. The van der Waals surface area contributed by atoms with Gasteiger partial charge in [-0.05, 0) is 18.6 Å². The normalized spacial score (nSPS) is 10.9. The molecule has 0 spiro atoms. The van der Waals surface area contributed by atoms with Crippen LogP contribution in [0.3, 0.4) is 0 Å². The first kappa shape index (κ1) is 11.4. The predicted molar refractivity (Wildman–Crippen MR) is 76.8 cm³/mol. The van der Waals surface area contributed by atoms with E-state index in [1.165, 1.54) is 11.1 Å². The third-order valence-corrected chi connectivity index (χ3v) is 3.79. The van der Waals surface area contributed by atoms with Crippen molar-refractivity contribution in [1.82, 2.24) is 9.97 Å². The van der Waals surface area contributed by atoms with Crippen LogP contribution in [0.15, 0.2) is 41.8 Å². The maximum absolute atomic E-state index is 4.67. The molecule has 3 heteroatoms. The molecule has 0 bridgehead atoms. The summed E-state index contributed by atoms with van der Waals surface area (Å²) in [6, 6.07) is 12.3. The number of para-hydroxylation sites is 1. The molecule has 3 rings (SSSR count). The topological polar surface area (TPSA) is 25.8 Å². The highest BCUT2D eigenvalue weighted by molar-refractivity contribution is 7.13. The number of aromatic nitrogens is 2. The summed E-state index contributed by atoms with van der Waals surface area (Å²) in [4.78, 5) is 9.30. The second-order valence-electron chi connectivity index (χ2n) is 4.28. The molecule has 90 valence electrons.